The van der Waals surface area contributed by atoms with Crippen LogP contribution in [-0.2, 0) is 18.1 Å². The third-order valence-corrected chi connectivity index (χ3v) is 3.94. The summed E-state index contributed by atoms with van der Waals surface area (Å²) >= 11 is 0. The first kappa shape index (κ1) is 16.1. The molecule has 0 spiro atoms. The van der Waals surface area contributed by atoms with Gasteiger partial charge in [0.15, 0.2) is 0 Å². The average molecular weight is 252 g/mol. The number of phosphoric ester groups is 1. The van der Waals surface area contributed by atoms with E-state index >= 15 is 0 Å². The van der Waals surface area contributed by atoms with Crippen LogP contribution < -0.4 is 0 Å². The second kappa shape index (κ2) is 9.17. The van der Waals surface area contributed by atoms with E-state index in [9.17, 15) is 4.57 Å². The average Bonchev–Trinajstić information content (AvgIpc) is 2.32. The lowest BCUT2D eigenvalue weighted by Crippen LogP contribution is -2.12. The molecular weight excluding hydrogens is 227 g/mol. The van der Waals surface area contributed by atoms with Gasteiger partial charge in [0.05, 0.1) is 6.10 Å². The van der Waals surface area contributed by atoms with E-state index in [0.717, 1.165) is 38.5 Å². The summed E-state index contributed by atoms with van der Waals surface area (Å²) in [5, 5.41) is 0. The van der Waals surface area contributed by atoms with Gasteiger partial charge in [-0.05, 0) is 12.8 Å². The van der Waals surface area contributed by atoms with Gasteiger partial charge < -0.3 is 0 Å². The minimum absolute atomic E-state index is 0.0226. The van der Waals surface area contributed by atoms with E-state index in [2.05, 4.69) is 13.8 Å². The van der Waals surface area contributed by atoms with Crippen LogP contribution in [0.3, 0.4) is 0 Å². The lowest BCUT2D eigenvalue weighted by Gasteiger charge is -2.21. The van der Waals surface area contributed by atoms with Gasteiger partial charge in [0.1, 0.15) is 0 Å². The predicted octanol–water partition coefficient (Wildman–Crippen LogP) is 4.15. The van der Waals surface area contributed by atoms with Gasteiger partial charge in [0.25, 0.3) is 0 Å². The van der Waals surface area contributed by atoms with E-state index < -0.39 is 7.82 Å². The van der Waals surface area contributed by atoms with Crippen molar-refractivity contribution in [1.82, 2.24) is 0 Å². The molecule has 0 bridgehead atoms. The Hall–Kier alpha value is 0.110. The summed E-state index contributed by atoms with van der Waals surface area (Å²) < 4.78 is 26.8. The fourth-order valence-electron chi connectivity index (χ4n) is 1.46. The SMILES string of the molecule is CCCCC(CCCC)OP(=O)(OC)OC. The van der Waals surface area contributed by atoms with Crippen LogP contribution >= 0.6 is 7.82 Å². The molecule has 0 heterocycles. The van der Waals surface area contributed by atoms with Crippen molar-refractivity contribution in [3.8, 4) is 0 Å². The molecule has 0 N–H and O–H groups in total. The van der Waals surface area contributed by atoms with Crippen LogP contribution in [0.4, 0.5) is 0 Å². The second-order valence-corrected chi connectivity index (χ2v) is 5.66. The van der Waals surface area contributed by atoms with Gasteiger partial charge in [-0.2, -0.15) is 0 Å². The fraction of sp³-hybridized carbons (Fsp3) is 1.00. The van der Waals surface area contributed by atoms with Crippen molar-refractivity contribution in [2.24, 2.45) is 0 Å². The van der Waals surface area contributed by atoms with Gasteiger partial charge in [-0.25, -0.2) is 4.57 Å². The molecule has 0 aliphatic rings. The van der Waals surface area contributed by atoms with E-state index in [1.165, 1.54) is 14.2 Å². The molecule has 16 heavy (non-hydrogen) atoms. The minimum Gasteiger partial charge on any atom is -0.290 e. The van der Waals surface area contributed by atoms with Crippen molar-refractivity contribution in [2.75, 3.05) is 14.2 Å². The van der Waals surface area contributed by atoms with E-state index in [-0.39, 0.29) is 6.10 Å². The zero-order chi connectivity index (χ0) is 12.4. The highest BCUT2D eigenvalue weighted by Gasteiger charge is 2.27. The Balaban J connectivity index is 4.21. The Morgan fingerprint density at radius 3 is 1.75 bits per heavy atom. The summed E-state index contributed by atoms with van der Waals surface area (Å²) in [4.78, 5) is 0. The maximum Gasteiger partial charge on any atom is 0.474 e. The quantitative estimate of drug-likeness (QED) is 0.548. The summed E-state index contributed by atoms with van der Waals surface area (Å²) in [6.45, 7) is 4.26. The third kappa shape index (κ3) is 6.64. The van der Waals surface area contributed by atoms with Crippen molar-refractivity contribution in [1.29, 1.82) is 0 Å². The Bertz CT molecular complexity index is 192. The summed E-state index contributed by atoms with van der Waals surface area (Å²) in [6, 6.07) is 0. The smallest absolute Gasteiger partial charge is 0.290 e. The largest absolute Gasteiger partial charge is 0.474 e. The topological polar surface area (TPSA) is 44.8 Å². The fourth-order valence-corrected chi connectivity index (χ4v) is 2.35. The molecule has 0 rings (SSSR count). The van der Waals surface area contributed by atoms with E-state index in [1.54, 1.807) is 0 Å². The van der Waals surface area contributed by atoms with Crippen LogP contribution in [0, 0.1) is 0 Å². The molecule has 4 nitrogen and oxygen atoms in total. The number of rotatable bonds is 10. The van der Waals surface area contributed by atoms with Crippen LogP contribution in [0.2, 0.25) is 0 Å². The summed E-state index contributed by atoms with van der Waals surface area (Å²) in [5.74, 6) is 0. The Morgan fingerprint density at radius 2 is 1.44 bits per heavy atom. The predicted molar refractivity (Wildman–Crippen MR) is 65.5 cm³/mol. The second-order valence-electron chi connectivity index (χ2n) is 3.82. The maximum atomic E-state index is 11.8. The molecule has 0 aromatic heterocycles. The standard InChI is InChI=1S/C11H25O4P/c1-5-7-9-11(10-8-6-2)15-16(12,13-3)14-4/h11H,5-10H2,1-4H3. The van der Waals surface area contributed by atoms with Gasteiger partial charge >= 0.3 is 7.82 Å². The number of phosphoric acid groups is 1. The molecule has 0 unspecified atom stereocenters. The van der Waals surface area contributed by atoms with E-state index in [4.69, 9.17) is 13.6 Å². The number of hydrogen-bond donors (Lipinski definition) is 0. The van der Waals surface area contributed by atoms with Crippen molar-refractivity contribution in [3.63, 3.8) is 0 Å². The molecule has 0 fully saturated rings. The summed E-state index contributed by atoms with van der Waals surface area (Å²) in [6.07, 6.45) is 6.15. The maximum absolute atomic E-state index is 11.8. The third-order valence-electron chi connectivity index (χ3n) is 2.48. The van der Waals surface area contributed by atoms with Crippen molar-refractivity contribution in [3.05, 3.63) is 0 Å². The number of unbranched alkanes of at least 4 members (excludes halogenated alkanes) is 2. The van der Waals surface area contributed by atoms with Crippen LogP contribution in [0.25, 0.3) is 0 Å². The highest BCUT2D eigenvalue weighted by atomic mass is 31.2. The van der Waals surface area contributed by atoms with Gasteiger partial charge in [0, 0.05) is 14.2 Å². The highest BCUT2D eigenvalue weighted by Crippen LogP contribution is 2.49. The zero-order valence-corrected chi connectivity index (χ0v) is 11.8. The summed E-state index contributed by atoms with van der Waals surface area (Å²) in [7, 11) is -0.621. The Kier molecular flexibility index (Phi) is 9.24. The number of hydrogen-bond acceptors (Lipinski definition) is 4. The lowest BCUT2D eigenvalue weighted by atomic mass is 10.1. The van der Waals surface area contributed by atoms with Gasteiger partial charge in [-0.1, -0.05) is 39.5 Å². The van der Waals surface area contributed by atoms with Crippen LogP contribution in [0.15, 0.2) is 0 Å². The molecule has 0 aliphatic heterocycles. The molecule has 0 amide bonds. The Labute approximate surface area is 99.3 Å². The lowest BCUT2D eigenvalue weighted by molar-refractivity contribution is 0.0921. The van der Waals surface area contributed by atoms with E-state index in [1.807, 2.05) is 0 Å². The van der Waals surface area contributed by atoms with E-state index in [0.29, 0.717) is 0 Å². The summed E-state index contributed by atoms with van der Waals surface area (Å²) in [5.41, 5.74) is 0. The molecule has 98 valence electrons. The van der Waals surface area contributed by atoms with Crippen LogP contribution in [-0.4, -0.2) is 20.3 Å². The molecule has 0 radical (unpaired) electrons. The zero-order valence-electron chi connectivity index (χ0n) is 10.9. The first-order valence-corrected chi connectivity index (χ1v) is 7.47. The molecule has 0 aromatic carbocycles. The van der Waals surface area contributed by atoms with Gasteiger partial charge in [0.2, 0.25) is 0 Å². The minimum atomic E-state index is -3.32. The molecule has 0 saturated carbocycles. The first-order valence-electron chi connectivity index (χ1n) is 6.01. The molecule has 0 atom stereocenters. The molecular formula is C11H25O4P. The molecule has 0 aromatic rings. The van der Waals surface area contributed by atoms with Crippen molar-refractivity contribution >= 4 is 7.82 Å². The highest BCUT2D eigenvalue weighted by molar-refractivity contribution is 7.48. The molecule has 0 aliphatic carbocycles. The van der Waals surface area contributed by atoms with Gasteiger partial charge in [-0.15, -0.1) is 0 Å². The Morgan fingerprint density at radius 1 is 1.00 bits per heavy atom. The molecule has 0 saturated heterocycles. The van der Waals surface area contributed by atoms with Crippen LogP contribution in [0.1, 0.15) is 52.4 Å². The normalized spacial score (nSPS) is 12.3. The monoisotopic (exact) mass is 252 g/mol. The van der Waals surface area contributed by atoms with Crippen molar-refractivity contribution < 1.29 is 18.1 Å². The van der Waals surface area contributed by atoms with Crippen LogP contribution in [0.5, 0.6) is 0 Å². The van der Waals surface area contributed by atoms with Gasteiger partial charge in [-0.3, -0.25) is 13.6 Å². The van der Waals surface area contributed by atoms with Crippen molar-refractivity contribution in [2.45, 2.75) is 58.5 Å². The first-order chi connectivity index (χ1) is 7.61. The molecule has 5 heteroatoms.